The molecule has 0 aliphatic heterocycles. The molecule has 0 atom stereocenters. The van der Waals surface area contributed by atoms with E-state index in [0.29, 0.717) is 0 Å². The van der Waals surface area contributed by atoms with Gasteiger partial charge in [0, 0.05) is 27.5 Å². The van der Waals surface area contributed by atoms with Crippen LogP contribution >= 0.6 is 0 Å². The van der Waals surface area contributed by atoms with Gasteiger partial charge in [-0.1, -0.05) is 164 Å². The molecule has 0 amide bonds. The van der Waals surface area contributed by atoms with Crippen LogP contribution in [0, 0.1) is 0 Å². The summed E-state index contributed by atoms with van der Waals surface area (Å²) in [7, 11) is 0. The van der Waals surface area contributed by atoms with Crippen molar-refractivity contribution in [3.8, 4) is 67.0 Å². The molecule has 0 aliphatic carbocycles. The van der Waals surface area contributed by atoms with Crippen molar-refractivity contribution in [3.05, 3.63) is 176 Å². The SMILES string of the molecule is c1ccc(-c2ccccc2-c2cccc(-c3nnnc(-c4ccccc4)c3-c3ccccc3)c2-c2cccc3oc4ccccc4c23)cc1. The van der Waals surface area contributed by atoms with Gasteiger partial charge in [-0.2, -0.15) is 0 Å². The Bertz CT molecular complexity index is 2590. The Morgan fingerprint density at radius 1 is 0.327 bits per heavy atom. The minimum Gasteiger partial charge on any atom is -0.456 e. The van der Waals surface area contributed by atoms with Crippen LogP contribution in [0.3, 0.4) is 0 Å². The maximum atomic E-state index is 6.43. The molecule has 0 spiro atoms. The molecule has 2 aromatic heterocycles. The third-order valence-electron chi connectivity index (χ3n) is 9.17. The number of hydrogen-bond acceptors (Lipinski definition) is 4. The largest absolute Gasteiger partial charge is 0.456 e. The Morgan fingerprint density at radius 3 is 1.63 bits per heavy atom. The summed E-state index contributed by atoms with van der Waals surface area (Å²) in [5, 5.41) is 16.1. The van der Waals surface area contributed by atoms with Gasteiger partial charge in [-0.05, 0) is 56.3 Å². The zero-order valence-corrected chi connectivity index (χ0v) is 26.5. The summed E-state index contributed by atoms with van der Waals surface area (Å²) in [6.45, 7) is 0. The van der Waals surface area contributed by atoms with Crippen molar-refractivity contribution in [1.29, 1.82) is 0 Å². The maximum Gasteiger partial charge on any atom is 0.136 e. The van der Waals surface area contributed by atoms with Gasteiger partial charge in [-0.3, -0.25) is 0 Å². The van der Waals surface area contributed by atoms with Crippen LogP contribution in [0.2, 0.25) is 0 Å². The summed E-state index contributed by atoms with van der Waals surface area (Å²) in [6, 6.07) is 60.9. The average Bonchev–Trinajstić information content (AvgIpc) is 3.57. The average molecular weight is 628 g/mol. The molecule has 0 aliphatic rings. The topological polar surface area (TPSA) is 51.8 Å². The molecule has 0 saturated heterocycles. The highest BCUT2D eigenvalue weighted by Crippen LogP contribution is 2.48. The highest BCUT2D eigenvalue weighted by atomic mass is 16.3. The molecule has 0 unspecified atom stereocenters. The normalized spacial score (nSPS) is 11.3. The Hall–Kier alpha value is -6.65. The van der Waals surface area contributed by atoms with Gasteiger partial charge in [0.2, 0.25) is 0 Å². The van der Waals surface area contributed by atoms with E-state index in [2.05, 4.69) is 144 Å². The third-order valence-corrected chi connectivity index (χ3v) is 9.17. The number of benzene rings is 7. The molecule has 4 nitrogen and oxygen atoms in total. The number of fused-ring (bicyclic) bond motifs is 3. The molecule has 9 rings (SSSR count). The van der Waals surface area contributed by atoms with E-state index >= 15 is 0 Å². The molecule has 49 heavy (non-hydrogen) atoms. The number of para-hydroxylation sites is 1. The van der Waals surface area contributed by atoms with Crippen molar-refractivity contribution in [3.63, 3.8) is 0 Å². The Balaban J connectivity index is 1.43. The molecule has 4 heteroatoms. The molecule has 0 saturated carbocycles. The van der Waals surface area contributed by atoms with Gasteiger partial charge in [-0.25, -0.2) is 0 Å². The standard InChI is InChI=1S/C45H29N3O/c1-4-16-30(17-5-1)33-22-10-11-23-34(33)35-25-14-27-38(42(35)37-26-15-29-40-43(37)36-24-12-13-28-39(36)49-40)45-41(31-18-6-2-7-19-31)44(46-48-47-45)32-20-8-3-9-21-32/h1-29H. The summed E-state index contributed by atoms with van der Waals surface area (Å²) in [4.78, 5) is 0. The van der Waals surface area contributed by atoms with Gasteiger partial charge in [0.05, 0.1) is 0 Å². The predicted molar refractivity (Wildman–Crippen MR) is 200 cm³/mol. The van der Waals surface area contributed by atoms with Crippen LogP contribution in [-0.2, 0) is 0 Å². The summed E-state index contributed by atoms with van der Waals surface area (Å²) < 4.78 is 6.43. The van der Waals surface area contributed by atoms with Crippen LogP contribution in [0.4, 0.5) is 0 Å². The first kappa shape index (κ1) is 28.6. The molecule has 0 radical (unpaired) electrons. The summed E-state index contributed by atoms with van der Waals surface area (Å²) in [6.07, 6.45) is 0. The van der Waals surface area contributed by atoms with Crippen molar-refractivity contribution in [2.75, 3.05) is 0 Å². The highest BCUT2D eigenvalue weighted by Gasteiger charge is 2.25. The van der Waals surface area contributed by atoms with Gasteiger partial charge < -0.3 is 4.42 Å². The maximum absolute atomic E-state index is 6.43. The summed E-state index contributed by atoms with van der Waals surface area (Å²) in [5.74, 6) is 0. The van der Waals surface area contributed by atoms with Crippen molar-refractivity contribution >= 4 is 21.9 Å². The summed E-state index contributed by atoms with van der Waals surface area (Å²) >= 11 is 0. The highest BCUT2D eigenvalue weighted by molar-refractivity contribution is 6.16. The quantitative estimate of drug-likeness (QED) is 0.184. The van der Waals surface area contributed by atoms with E-state index in [9.17, 15) is 0 Å². The van der Waals surface area contributed by atoms with E-state index in [4.69, 9.17) is 9.52 Å². The fraction of sp³-hybridized carbons (Fsp3) is 0. The van der Waals surface area contributed by atoms with E-state index in [-0.39, 0.29) is 0 Å². The predicted octanol–water partition coefficient (Wildman–Crippen LogP) is 11.8. The van der Waals surface area contributed by atoms with Crippen LogP contribution in [0.5, 0.6) is 0 Å². The zero-order valence-electron chi connectivity index (χ0n) is 26.5. The van der Waals surface area contributed by atoms with Gasteiger partial charge in [-0.15, -0.1) is 10.2 Å². The van der Waals surface area contributed by atoms with E-state index in [0.717, 1.165) is 89.0 Å². The van der Waals surface area contributed by atoms with Crippen molar-refractivity contribution < 1.29 is 4.42 Å². The molecular weight excluding hydrogens is 599 g/mol. The van der Waals surface area contributed by atoms with Gasteiger partial charge >= 0.3 is 0 Å². The van der Waals surface area contributed by atoms with Crippen LogP contribution in [0.25, 0.3) is 89.0 Å². The number of hydrogen-bond donors (Lipinski definition) is 0. The van der Waals surface area contributed by atoms with Crippen molar-refractivity contribution in [2.45, 2.75) is 0 Å². The number of rotatable bonds is 6. The Morgan fingerprint density at radius 2 is 0.857 bits per heavy atom. The van der Waals surface area contributed by atoms with E-state index in [1.807, 2.05) is 42.5 Å². The molecule has 7 aromatic carbocycles. The van der Waals surface area contributed by atoms with Gasteiger partial charge in [0.1, 0.15) is 22.6 Å². The van der Waals surface area contributed by atoms with Crippen molar-refractivity contribution in [2.24, 2.45) is 0 Å². The van der Waals surface area contributed by atoms with Crippen LogP contribution in [-0.4, -0.2) is 15.4 Å². The van der Waals surface area contributed by atoms with E-state index in [1.165, 1.54) is 0 Å². The van der Waals surface area contributed by atoms with Crippen molar-refractivity contribution in [1.82, 2.24) is 15.4 Å². The monoisotopic (exact) mass is 627 g/mol. The Labute approximate surface area is 284 Å². The number of nitrogens with zero attached hydrogens (tertiary/aromatic N) is 3. The second-order valence-electron chi connectivity index (χ2n) is 12.0. The fourth-order valence-electron chi connectivity index (χ4n) is 7.02. The lowest BCUT2D eigenvalue weighted by Gasteiger charge is -2.20. The van der Waals surface area contributed by atoms with E-state index in [1.54, 1.807) is 0 Å². The van der Waals surface area contributed by atoms with Gasteiger partial charge in [0.15, 0.2) is 0 Å². The second-order valence-corrected chi connectivity index (χ2v) is 12.0. The first-order valence-corrected chi connectivity index (χ1v) is 16.4. The Kier molecular flexibility index (Phi) is 7.10. The lowest BCUT2D eigenvalue weighted by Crippen LogP contribution is -2.02. The van der Waals surface area contributed by atoms with Crippen LogP contribution in [0.1, 0.15) is 0 Å². The molecular formula is C45H29N3O. The minimum atomic E-state index is 0.763. The minimum absolute atomic E-state index is 0.763. The summed E-state index contributed by atoms with van der Waals surface area (Å²) in [5.41, 5.74) is 13.8. The molecule has 0 fully saturated rings. The lowest BCUT2D eigenvalue weighted by atomic mass is 9.83. The molecule has 2 heterocycles. The number of furan rings is 1. The molecule has 230 valence electrons. The molecule has 9 aromatic rings. The molecule has 0 bridgehead atoms. The third kappa shape index (κ3) is 4.98. The first-order chi connectivity index (χ1) is 24.3. The van der Waals surface area contributed by atoms with Crippen LogP contribution < -0.4 is 0 Å². The molecule has 0 N–H and O–H groups in total. The van der Waals surface area contributed by atoms with E-state index < -0.39 is 0 Å². The zero-order chi connectivity index (χ0) is 32.6. The smallest absolute Gasteiger partial charge is 0.136 e. The second kappa shape index (κ2) is 12.2. The fourth-order valence-corrected chi connectivity index (χ4v) is 7.02. The lowest BCUT2D eigenvalue weighted by molar-refractivity contribution is 0.669. The van der Waals surface area contributed by atoms with Gasteiger partial charge in [0.25, 0.3) is 0 Å². The first-order valence-electron chi connectivity index (χ1n) is 16.4. The number of aromatic nitrogens is 3. The van der Waals surface area contributed by atoms with Crippen LogP contribution in [0.15, 0.2) is 180 Å².